The molecular weight excluding hydrogens is 174 g/mol. The molecule has 2 aliphatic rings. The van der Waals surface area contributed by atoms with E-state index in [0.29, 0.717) is 12.2 Å². The van der Waals surface area contributed by atoms with E-state index in [1.807, 2.05) is 0 Å². The Morgan fingerprint density at radius 2 is 2.07 bits per heavy atom. The van der Waals surface area contributed by atoms with Gasteiger partial charge in [-0.05, 0) is 39.8 Å². The van der Waals surface area contributed by atoms with Gasteiger partial charge in [0, 0.05) is 25.7 Å². The predicted octanol–water partition coefficient (Wildman–Crippen LogP) is 0.722. The molecule has 0 aromatic carbocycles. The summed E-state index contributed by atoms with van der Waals surface area (Å²) in [5.74, 6) is 0. The van der Waals surface area contributed by atoms with E-state index >= 15 is 0 Å². The number of nitrogens with one attached hydrogen (secondary N) is 1. The fraction of sp³-hybridized carbons (Fsp3) is 1.00. The van der Waals surface area contributed by atoms with Crippen LogP contribution in [0.25, 0.3) is 0 Å². The SMILES string of the molecule is CC1CN(C)CCN1C1CCCCN1. The van der Waals surface area contributed by atoms with Crippen LogP contribution < -0.4 is 5.32 Å². The van der Waals surface area contributed by atoms with Crippen molar-refractivity contribution >= 4 is 0 Å². The Bertz CT molecular complexity index is 177. The van der Waals surface area contributed by atoms with Gasteiger partial charge >= 0.3 is 0 Å². The monoisotopic (exact) mass is 197 g/mol. The topological polar surface area (TPSA) is 18.5 Å². The van der Waals surface area contributed by atoms with Crippen molar-refractivity contribution in [1.29, 1.82) is 0 Å². The molecule has 2 unspecified atom stereocenters. The van der Waals surface area contributed by atoms with Crippen molar-refractivity contribution < 1.29 is 0 Å². The van der Waals surface area contributed by atoms with Crippen LogP contribution in [0.2, 0.25) is 0 Å². The second-order valence-electron chi connectivity index (χ2n) is 4.81. The van der Waals surface area contributed by atoms with Gasteiger partial charge in [-0.15, -0.1) is 0 Å². The third kappa shape index (κ3) is 2.27. The highest BCUT2D eigenvalue weighted by molar-refractivity contribution is 4.83. The van der Waals surface area contributed by atoms with E-state index in [2.05, 4.69) is 29.1 Å². The molecule has 0 radical (unpaired) electrons. The van der Waals surface area contributed by atoms with Crippen LogP contribution in [0, 0.1) is 0 Å². The Kier molecular flexibility index (Phi) is 3.42. The van der Waals surface area contributed by atoms with Crippen molar-refractivity contribution in [3.8, 4) is 0 Å². The van der Waals surface area contributed by atoms with E-state index in [0.717, 1.165) is 0 Å². The zero-order chi connectivity index (χ0) is 9.97. The third-order valence-corrected chi connectivity index (χ3v) is 3.57. The van der Waals surface area contributed by atoms with Gasteiger partial charge in [0.25, 0.3) is 0 Å². The minimum absolute atomic E-state index is 0.660. The molecule has 2 saturated heterocycles. The normalized spacial score (nSPS) is 37.3. The molecular formula is C11H23N3. The van der Waals surface area contributed by atoms with E-state index in [1.165, 1.54) is 45.4 Å². The van der Waals surface area contributed by atoms with Crippen LogP contribution in [-0.4, -0.2) is 55.2 Å². The minimum atomic E-state index is 0.660. The summed E-state index contributed by atoms with van der Waals surface area (Å²) in [6.45, 7) is 7.24. The summed E-state index contributed by atoms with van der Waals surface area (Å²) in [5.41, 5.74) is 0. The van der Waals surface area contributed by atoms with Gasteiger partial charge in [0.1, 0.15) is 0 Å². The van der Waals surface area contributed by atoms with Gasteiger partial charge in [-0.2, -0.15) is 0 Å². The minimum Gasteiger partial charge on any atom is -0.304 e. The molecule has 2 rings (SSSR count). The number of nitrogens with zero attached hydrogens (tertiary/aromatic N) is 2. The average molecular weight is 197 g/mol. The first kappa shape index (κ1) is 10.4. The quantitative estimate of drug-likeness (QED) is 0.668. The summed E-state index contributed by atoms with van der Waals surface area (Å²) in [7, 11) is 2.22. The molecule has 3 heteroatoms. The van der Waals surface area contributed by atoms with E-state index in [-0.39, 0.29) is 0 Å². The molecule has 14 heavy (non-hydrogen) atoms. The first-order valence-corrected chi connectivity index (χ1v) is 5.95. The Labute approximate surface area is 87.4 Å². The first-order chi connectivity index (χ1) is 6.77. The molecule has 0 aliphatic carbocycles. The number of hydrogen-bond acceptors (Lipinski definition) is 3. The summed E-state index contributed by atoms with van der Waals surface area (Å²) in [6.07, 6.45) is 4.76. The molecule has 82 valence electrons. The standard InChI is InChI=1S/C11H23N3/c1-10-9-13(2)7-8-14(10)11-5-3-4-6-12-11/h10-12H,3-9H2,1-2H3. The number of piperidine rings is 1. The lowest BCUT2D eigenvalue weighted by atomic mass is 10.1. The summed E-state index contributed by atoms with van der Waals surface area (Å²) >= 11 is 0. The smallest absolute Gasteiger partial charge is 0.0600 e. The second-order valence-corrected chi connectivity index (χ2v) is 4.81. The Hall–Kier alpha value is -0.120. The molecule has 3 nitrogen and oxygen atoms in total. The van der Waals surface area contributed by atoms with Crippen molar-refractivity contribution in [3.63, 3.8) is 0 Å². The van der Waals surface area contributed by atoms with Crippen molar-refractivity contribution in [2.45, 2.75) is 38.4 Å². The molecule has 2 fully saturated rings. The number of likely N-dealkylation sites (N-methyl/N-ethyl adjacent to an activating group) is 1. The maximum absolute atomic E-state index is 3.64. The number of hydrogen-bond donors (Lipinski definition) is 1. The number of piperazine rings is 1. The van der Waals surface area contributed by atoms with Crippen LogP contribution in [0.3, 0.4) is 0 Å². The van der Waals surface area contributed by atoms with Crippen molar-refractivity contribution in [2.75, 3.05) is 33.2 Å². The average Bonchev–Trinajstić information content (AvgIpc) is 2.19. The van der Waals surface area contributed by atoms with Gasteiger partial charge < -0.3 is 10.2 Å². The first-order valence-electron chi connectivity index (χ1n) is 5.95. The molecule has 0 aromatic rings. The lowest BCUT2D eigenvalue weighted by molar-refractivity contribution is 0.0356. The second kappa shape index (κ2) is 4.60. The summed E-state index contributed by atoms with van der Waals surface area (Å²) in [4.78, 5) is 5.09. The molecule has 2 heterocycles. The highest BCUT2D eigenvalue weighted by Crippen LogP contribution is 2.17. The zero-order valence-corrected chi connectivity index (χ0v) is 9.50. The van der Waals surface area contributed by atoms with Crippen LogP contribution >= 0.6 is 0 Å². The van der Waals surface area contributed by atoms with Gasteiger partial charge in [0.2, 0.25) is 0 Å². The Balaban J connectivity index is 1.89. The van der Waals surface area contributed by atoms with Crippen LogP contribution in [0.4, 0.5) is 0 Å². The Morgan fingerprint density at radius 1 is 1.21 bits per heavy atom. The predicted molar refractivity (Wildman–Crippen MR) is 59.3 cm³/mol. The molecule has 0 bridgehead atoms. The third-order valence-electron chi connectivity index (χ3n) is 3.57. The zero-order valence-electron chi connectivity index (χ0n) is 9.50. The lowest BCUT2D eigenvalue weighted by Gasteiger charge is -2.44. The molecule has 0 saturated carbocycles. The Morgan fingerprint density at radius 3 is 2.71 bits per heavy atom. The van der Waals surface area contributed by atoms with Crippen LogP contribution in [0.1, 0.15) is 26.2 Å². The van der Waals surface area contributed by atoms with Crippen LogP contribution in [0.5, 0.6) is 0 Å². The summed E-state index contributed by atoms with van der Waals surface area (Å²) < 4.78 is 0. The maximum atomic E-state index is 3.64. The largest absolute Gasteiger partial charge is 0.304 e. The van der Waals surface area contributed by atoms with E-state index in [9.17, 15) is 0 Å². The van der Waals surface area contributed by atoms with Gasteiger partial charge in [-0.3, -0.25) is 4.90 Å². The fourth-order valence-electron chi connectivity index (χ4n) is 2.73. The maximum Gasteiger partial charge on any atom is 0.0600 e. The van der Waals surface area contributed by atoms with Gasteiger partial charge in [0.15, 0.2) is 0 Å². The van der Waals surface area contributed by atoms with Crippen LogP contribution in [0.15, 0.2) is 0 Å². The van der Waals surface area contributed by atoms with Crippen molar-refractivity contribution in [2.24, 2.45) is 0 Å². The highest BCUT2D eigenvalue weighted by atomic mass is 15.3. The molecule has 0 spiro atoms. The van der Waals surface area contributed by atoms with E-state index in [4.69, 9.17) is 0 Å². The molecule has 2 aliphatic heterocycles. The molecule has 0 amide bonds. The lowest BCUT2D eigenvalue weighted by Crippen LogP contribution is -2.59. The van der Waals surface area contributed by atoms with Gasteiger partial charge in [0.05, 0.1) is 6.17 Å². The molecule has 2 atom stereocenters. The van der Waals surface area contributed by atoms with Crippen molar-refractivity contribution in [1.82, 2.24) is 15.1 Å². The van der Waals surface area contributed by atoms with Gasteiger partial charge in [-0.25, -0.2) is 0 Å². The summed E-state index contributed by atoms with van der Waals surface area (Å²) in [5, 5.41) is 3.64. The molecule has 0 aromatic heterocycles. The fourth-order valence-corrected chi connectivity index (χ4v) is 2.73. The van der Waals surface area contributed by atoms with Crippen molar-refractivity contribution in [3.05, 3.63) is 0 Å². The van der Waals surface area contributed by atoms with E-state index in [1.54, 1.807) is 0 Å². The number of rotatable bonds is 1. The van der Waals surface area contributed by atoms with E-state index < -0.39 is 0 Å². The van der Waals surface area contributed by atoms with Gasteiger partial charge in [-0.1, -0.05) is 0 Å². The molecule has 1 N–H and O–H groups in total. The highest BCUT2D eigenvalue weighted by Gasteiger charge is 2.28. The van der Waals surface area contributed by atoms with Crippen LogP contribution in [-0.2, 0) is 0 Å². The summed E-state index contributed by atoms with van der Waals surface area (Å²) in [6, 6.07) is 0.712.